The van der Waals surface area contributed by atoms with Gasteiger partial charge in [-0.2, -0.15) is 5.10 Å². The van der Waals surface area contributed by atoms with E-state index in [9.17, 15) is 19.2 Å². The quantitative estimate of drug-likeness (QED) is 0.496. The van der Waals surface area contributed by atoms with Gasteiger partial charge in [0.15, 0.2) is 5.69 Å². The van der Waals surface area contributed by atoms with Crippen LogP contribution in [0.2, 0.25) is 0 Å². The summed E-state index contributed by atoms with van der Waals surface area (Å²) >= 11 is 0. The van der Waals surface area contributed by atoms with Crippen molar-refractivity contribution in [3.63, 3.8) is 0 Å². The molecule has 0 saturated heterocycles. The maximum atomic E-state index is 12.9. The molecule has 0 unspecified atom stereocenters. The highest BCUT2D eigenvalue weighted by molar-refractivity contribution is 6.05. The lowest BCUT2D eigenvalue weighted by Crippen LogP contribution is -2.31. The van der Waals surface area contributed by atoms with E-state index in [0.717, 1.165) is 4.68 Å². The summed E-state index contributed by atoms with van der Waals surface area (Å²) in [5.41, 5.74) is 0.940. The summed E-state index contributed by atoms with van der Waals surface area (Å²) in [7, 11) is 2.72. The minimum absolute atomic E-state index is 0.0464. The Labute approximate surface area is 165 Å². The number of aryl methyl sites for hydroxylation is 1. The number of hydrogen-bond donors (Lipinski definition) is 2. The summed E-state index contributed by atoms with van der Waals surface area (Å²) < 4.78 is 5.71. The number of hydrogen-bond acceptors (Lipinski definition) is 6. The van der Waals surface area contributed by atoms with Crippen LogP contribution in [0.3, 0.4) is 0 Å². The monoisotopic (exact) mass is 396 g/mol. The zero-order valence-electron chi connectivity index (χ0n) is 16.5. The number of amides is 1. The Hall–Kier alpha value is -3.75. The van der Waals surface area contributed by atoms with Crippen molar-refractivity contribution < 1.29 is 19.1 Å². The summed E-state index contributed by atoms with van der Waals surface area (Å²) in [6.07, 6.45) is 0. The van der Waals surface area contributed by atoms with Gasteiger partial charge in [0.25, 0.3) is 11.5 Å². The van der Waals surface area contributed by atoms with Gasteiger partial charge >= 0.3 is 5.97 Å². The Bertz CT molecular complexity index is 1210. The molecule has 0 radical (unpaired) electrons. The van der Waals surface area contributed by atoms with Crippen molar-refractivity contribution in [1.29, 1.82) is 0 Å². The van der Waals surface area contributed by atoms with Gasteiger partial charge in [-0.3, -0.25) is 14.4 Å². The Morgan fingerprint density at radius 2 is 1.83 bits per heavy atom. The highest BCUT2D eigenvalue weighted by atomic mass is 16.5. The number of nitrogens with zero attached hydrogens (tertiary/aromatic N) is 2. The molecule has 150 valence electrons. The Morgan fingerprint density at radius 1 is 1.17 bits per heavy atom. The molecule has 0 saturated carbocycles. The first-order valence-electron chi connectivity index (χ1n) is 8.82. The zero-order valence-corrected chi connectivity index (χ0v) is 16.5. The molecule has 9 nitrogen and oxygen atoms in total. The van der Waals surface area contributed by atoms with E-state index in [0.29, 0.717) is 16.6 Å². The molecule has 0 aliphatic rings. The number of aromatic nitrogens is 3. The molecule has 2 heterocycles. The largest absolute Gasteiger partial charge is 0.465 e. The maximum Gasteiger partial charge on any atom is 0.339 e. The summed E-state index contributed by atoms with van der Waals surface area (Å²) in [6, 6.07) is 6.57. The maximum absolute atomic E-state index is 12.9. The summed E-state index contributed by atoms with van der Waals surface area (Å²) in [5.74, 6) is -1.48. The molecule has 0 aliphatic heterocycles. The lowest BCUT2D eigenvalue weighted by atomic mass is 10.1. The Balaban J connectivity index is 2.08. The third-order valence-corrected chi connectivity index (χ3v) is 4.71. The number of nitrogens with one attached hydrogen (secondary N) is 2. The zero-order chi connectivity index (χ0) is 21.3. The second-order valence-electron chi connectivity index (χ2n) is 6.48. The second kappa shape index (κ2) is 7.70. The minimum atomic E-state index is -0.557. The van der Waals surface area contributed by atoms with Crippen molar-refractivity contribution >= 4 is 28.4 Å². The van der Waals surface area contributed by atoms with Gasteiger partial charge in [-0.1, -0.05) is 18.2 Å². The van der Waals surface area contributed by atoms with Crippen LogP contribution in [0.15, 0.2) is 29.1 Å². The molecule has 29 heavy (non-hydrogen) atoms. The lowest BCUT2D eigenvalue weighted by molar-refractivity contribution is 0.0599. The number of carbonyl (C=O) groups excluding carboxylic acids is 3. The number of methoxy groups -OCH3 is 1. The number of fused-ring (bicyclic) bond motifs is 1. The number of Topliss-reactive ketones (excluding diaryl/α,β-unsaturated/α-hetero) is 1. The van der Waals surface area contributed by atoms with Crippen LogP contribution in [0.5, 0.6) is 0 Å². The van der Waals surface area contributed by atoms with Crippen molar-refractivity contribution in [1.82, 2.24) is 20.1 Å². The van der Waals surface area contributed by atoms with E-state index in [2.05, 4.69) is 15.4 Å². The molecule has 9 heteroatoms. The standard InChI is InChI=1S/C20H20N4O5/c1-10-15(20(28)29-4)11(2)22-16(10)14(25)9-24-19(27)13-8-6-5-7-12(13)17(23-24)18(26)21-3/h5-8,22H,9H2,1-4H3,(H,21,26). The molecule has 1 amide bonds. The van der Waals surface area contributed by atoms with Crippen LogP contribution in [-0.2, 0) is 11.3 Å². The minimum Gasteiger partial charge on any atom is -0.465 e. The molecule has 2 aromatic heterocycles. The van der Waals surface area contributed by atoms with E-state index in [-0.39, 0.29) is 22.3 Å². The number of esters is 1. The summed E-state index contributed by atoms with van der Waals surface area (Å²) in [5, 5.41) is 7.28. The van der Waals surface area contributed by atoms with Gasteiger partial charge in [0.1, 0.15) is 6.54 Å². The average molecular weight is 396 g/mol. The average Bonchev–Trinajstić information content (AvgIpc) is 3.03. The normalized spacial score (nSPS) is 10.8. The third-order valence-electron chi connectivity index (χ3n) is 4.71. The first-order chi connectivity index (χ1) is 13.8. The van der Waals surface area contributed by atoms with Crippen molar-refractivity contribution in [2.75, 3.05) is 14.2 Å². The molecule has 0 atom stereocenters. The van der Waals surface area contributed by atoms with Crippen molar-refractivity contribution in [2.24, 2.45) is 0 Å². The molecule has 0 spiro atoms. The molecule has 2 N–H and O–H groups in total. The van der Waals surface area contributed by atoms with Gasteiger partial charge in [-0.05, 0) is 25.5 Å². The molecule has 0 aliphatic carbocycles. The molecule has 3 rings (SSSR count). The number of carbonyl (C=O) groups is 3. The molecular weight excluding hydrogens is 376 g/mol. The summed E-state index contributed by atoms with van der Waals surface area (Å²) in [4.78, 5) is 52.7. The van der Waals surface area contributed by atoms with Crippen LogP contribution < -0.4 is 10.9 Å². The summed E-state index contributed by atoms with van der Waals surface area (Å²) in [6.45, 7) is 2.88. The van der Waals surface area contributed by atoms with Gasteiger partial charge in [0.05, 0.1) is 23.8 Å². The van der Waals surface area contributed by atoms with Crippen LogP contribution in [0, 0.1) is 13.8 Å². The third kappa shape index (κ3) is 3.42. The number of rotatable bonds is 5. The van der Waals surface area contributed by atoms with Crippen molar-refractivity contribution in [3.8, 4) is 0 Å². The van der Waals surface area contributed by atoms with Crippen LogP contribution in [0.4, 0.5) is 0 Å². The van der Waals surface area contributed by atoms with Crippen LogP contribution >= 0.6 is 0 Å². The van der Waals surface area contributed by atoms with Gasteiger partial charge in [-0.15, -0.1) is 0 Å². The number of H-pyrrole nitrogens is 1. The Kier molecular flexibility index (Phi) is 5.31. The van der Waals surface area contributed by atoms with E-state index in [1.54, 1.807) is 38.1 Å². The molecule has 0 fully saturated rings. The fraction of sp³-hybridized carbons (Fsp3) is 0.250. The molecular formula is C20H20N4O5. The van der Waals surface area contributed by atoms with Gasteiger partial charge in [-0.25, -0.2) is 9.48 Å². The van der Waals surface area contributed by atoms with E-state index in [1.165, 1.54) is 14.2 Å². The Morgan fingerprint density at radius 3 is 2.45 bits per heavy atom. The van der Waals surface area contributed by atoms with E-state index < -0.39 is 29.8 Å². The highest BCUT2D eigenvalue weighted by Crippen LogP contribution is 2.20. The predicted molar refractivity (Wildman–Crippen MR) is 105 cm³/mol. The molecule has 3 aromatic rings. The predicted octanol–water partition coefficient (Wildman–Crippen LogP) is 1.37. The van der Waals surface area contributed by atoms with Gasteiger partial charge < -0.3 is 15.0 Å². The first-order valence-corrected chi connectivity index (χ1v) is 8.82. The number of ether oxygens (including phenoxy) is 1. The van der Waals surface area contributed by atoms with Gasteiger partial charge in [0.2, 0.25) is 5.78 Å². The van der Waals surface area contributed by atoms with E-state index >= 15 is 0 Å². The number of aromatic amines is 1. The second-order valence-corrected chi connectivity index (χ2v) is 6.48. The van der Waals surface area contributed by atoms with Crippen LogP contribution in [-0.4, -0.2) is 46.6 Å². The fourth-order valence-electron chi connectivity index (χ4n) is 3.28. The highest BCUT2D eigenvalue weighted by Gasteiger charge is 2.24. The first kappa shape index (κ1) is 20.0. The van der Waals surface area contributed by atoms with Crippen LogP contribution in [0.25, 0.3) is 10.8 Å². The van der Waals surface area contributed by atoms with Crippen LogP contribution in [0.1, 0.15) is 42.6 Å². The van der Waals surface area contributed by atoms with Crippen molar-refractivity contribution in [3.05, 3.63) is 62.8 Å². The topological polar surface area (TPSA) is 123 Å². The SMILES string of the molecule is CNC(=O)c1nn(CC(=O)c2[nH]c(C)c(C(=O)OC)c2C)c(=O)c2ccccc12. The lowest BCUT2D eigenvalue weighted by Gasteiger charge is -2.10. The molecule has 0 bridgehead atoms. The number of ketones is 1. The van der Waals surface area contributed by atoms with E-state index in [4.69, 9.17) is 4.74 Å². The van der Waals surface area contributed by atoms with Crippen molar-refractivity contribution in [2.45, 2.75) is 20.4 Å². The molecule has 1 aromatic carbocycles. The fourth-order valence-corrected chi connectivity index (χ4v) is 3.28. The number of benzene rings is 1. The smallest absolute Gasteiger partial charge is 0.339 e. The van der Waals surface area contributed by atoms with Gasteiger partial charge in [0, 0.05) is 18.1 Å². The van der Waals surface area contributed by atoms with E-state index in [1.807, 2.05) is 0 Å².